The fraction of sp³-hybridized carbons (Fsp3) is 0.278. The van der Waals surface area contributed by atoms with Gasteiger partial charge in [0.15, 0.2) is 0 Å². The van der Waals surface area contributed by atoms with Gasteiger partial charge in [0.2, 0.25) is 0 Å². The second-order valence-corrected chi connectivity index (χ2v) is 5.65. The average Bonchev–Trinajstić information content (AvgIpc) is 3.37. The van der Waals surface area contributed by atoms with Gasteiger partial charge in [0.25, 0.3) is 11.8 Å². The van der Waals surface area contributed by atoms with Crippen molar-refractivity contribution in [2.24, 2.45) is 0 Å². The highest BCUT2D eigenvalue weighted by molar-refractivity contribution is 5.97. The van der Waals surface area contributed by atoms with Gasteiger partial charge in [-0.2, -0.15) is 0 Å². The van der Waals surface area contributed by atoms with E-state index in [2.05, 4.69) is 9.97 Å². The third kappa shape index (κ3) is 3.53. The smallest absolute Gasteiger partial charge is 0.290 e. The number of methoxy groups -OCH3 is 2. The summed E-state index contributed by atoms with van der Waals surface area (Å²) in [6, 6.07) is 5.33. The van der Waals surface area contributed by atoms with Gasteiger partial charge in [-0.3, -0.25) is 9.59 Å². The number of amides is 2. The number of hydrogen-bond donors (Lipinski definition) is 1. The molecule has 1 aliphatic rings. The summed E-state index contributed by atoms with van der Waals surface area (Å²) in [7, 11) is 3.13. The standard InChI is InChI=1S/C18H20N4O4/c1-25-14-5-6-16(26-2)13(10-14)4-7-17(23)21-8-3-9-22(21)18(24)15-11-19-12-20-15/h4-7,10-12H,3,8-9H2,1-2H3,(H,19,20)/b7-4+. The Morgan fingerprint density at radius 3 is 2.69 bits per heavy atom. The molecule has 2 heterocycles. The lowest BCUT2D eigenvalue weighted by Gasteiger charge is -2.26. The molecule has 1 fully saturated rings. The third-order valence-corrected chi connectivity index (χ3v) is 4.09. The number of hydrazine groups is 1. The third-order valence-electron chi connectivity index (χ3n) is 4.09. The van der Waals surface area contributed by atoms with Crippen molar-refractivity contribution in [2.75, 3.05) is 27.3 Å². The molecule has 0 saturated carbocycles. The van der Waals surface area contributed by atoms with Crippen LogP contribution in [0.15, 0.2) is 36.8 Å². The summed E-state index contributed by atoms with van der Waals surface area (Å²) in [6.45, 7) is 0.970. The average molecular weight is 356 g/mol. The van der Waals surface area contributed by atoms with Crippen LogP contribution in [0, 0.1) is 0 Å². The van der Waals surface area contributed by atoms with Gasteiger partial charge in [-0.05, 0) is 30.7 Å². The zero-order chi connectivity index (χ0) is 18.5. The maximum Gasteiger partial charge on any atom is 0.290 e. The maximum atomic E-state index is 12.6. The van der Waals surface area contributed by atoms with Gasteiger partial charge in [-0.15, -0.1) is 0 Å². The minimum atomic E-state index is -0.278. The van der Waals surface area contributed by atoms with Gasteiger partial charge in [0.1, 0.15) is 17.2 Å². The van der Waals surface area contributed by atoms with E-state index in [1.807, 2.05) is 0 Å². The molecule has 1 N–H and O–H groups in total. The van der Waals surface area contributed by atoms with Crippen LogP contribution >= 0.6 is 0 Å². The van der Waals surface area contributed by atoms with Gasteiger partial charge >= 0.3 is 0 Å². The van der Waals surface area contributed by atoms with Crippen LogP contribution in [-0.4, -0.2) is 59.1 Å². The van der Waals surface area contributed by atoms with Gasteiger partial charge < -0.3 is 14.5 Å². The number of nitrogens with zero attached hydrogens (tertiary/aromatic N) is 3. The molecule has 2 aromatic rings. The van der Waals surface area contributed by atoms with Gasteiger partial charge in [0, 0.05) is 24.7 Å². The Balaban J connectivity index is 1.77. The van der Waals surface area contributed by atoms with Crippen molar-refractivity contribution >= 4 is 17.9 Å². The number of benzene rings is 1. The topological polar surface area (TPSA) is 87.8 Å². The number of carbonyl (C=O) groups excluding carboxylic acids is 2. The minimum Gasteiger partial charge on any atom is -0.497 e. The summed E-state index contributed by atoms with van der Waals surface area (Å²) >= 11 is 0. The van der Waals surface area contributed by atoms with Crippen molar-refractivity contribution in [3.8, 4) is 11.5 Å². The molecule has 0 unspecified atom stereocenters. The summed E-state index contributed by atoms with van der Waals surface area (Å²) in [5, 5.41) is 2.87. The molecule has 3 rings (SSSR count). The Labute approximate surface area is 151 Å². The zero-order valence-corrected chi connectivity index (χ0v) is 14.6. The van der Waals surface area contributed by atoms with E-state index < -0.39 is 0 Å². The number of H-pyrrole nitrogens is 1. The molecule has 0 radical (unpaired) electrons. The van der Waals surface area contributed by atoms with Crippen LogP contribution in [0.3, 0.4) is 0 Å². The van der Waals surface area contributed by atoms with E-state index in [9.17, 15) is 9.59 Å². The second-order valence-electron chi connectivity index (χ2n) is 5.65. The lowest BCUT2D eigenvalue weighted by atomic mass is 10.1. The second kappa shape index (κ2) is 7.73. The van der Waals surface area contributed by atoms with Crippen molar-refractivity contribution in [3.05, 3.63) is 48.1 Å². The van der Waals surface area contributed by atoms with E-state index >= 15 is 0 Å². The normalized spacial score (nSPS) is 14.1. The largest absolute Gasteiger partial charge is 0.497 e. The molecule has 1 aromatic carbocycles. The number of ether oxygens (including phenoxy) is 2. The summed E-state index contributed by atoms with van der Waals surface area (Å²) in [6.07, 6.45) is 6.68. The Bertz CT molecular complexity index is 817. The molecule has 8 heteroatoms. The molecule has 26 heavy (non-hydrogen) atoms. The van der Waals surface area contributed by atoms with E-state index in [0.717, 1.165) is 6.42 Å². The van der Waals surface area contributed by atoms with E-state index in [4.69, 9.17) is 9.47 Å². The summed E-state index contributed by atoms with van der Waals surface area (Å²) in [5.41, 5.74) is 1.06. The van der Waals surface area contributed by atoms with E-state index in [-0.39, 0.29) is 11.8 Å². The van der Waals surface area contributed by atoms with Crippen molar-refractivity contribution < 1.29 is 19.1 Å². The first-order valence-corrected chi connectivity index (χ1v) is 8.16. The summed E-state index contributed by atoms with van der Waals surface area (Å²) < 4.78 is 10.5. The van der Waals surface area contributed by atoms with Crippen LogP contribution in [0.25, 0.3) is 6.08 Å². The summed E-state index contributed by atoms with van der Waals surface area (Å²) in [4.78, 5) is 31.7. The molecule has 1 saturated heterocycles. The first-order chi connectivity index (χ1) is 12.6. The number of carbonyl (C=O) groups is 2. The number of rotatable bonds is 5. The van der Waals surface area contributed by atoms with Crippen LogP contribution < -0.4 is 9.47 Å². The first kappa shape index (κ1) is 17.5. The van der Waals surface area contributed by atoms with Crippen molar-refractivity contribution in [1.82, 2.24) is 20.0 Å². The highest BCUT2D eigenvalue weighted by Crippen LogP contribution is 2.25. The molecule has 136 valence electrons. The van der Waals surface area contributed by atoms with Crippen molar-refractivity contribution in [3.63, 3.8) is 0 Å². The molecular weight excluding hydrogens is 336 g/mol. The van der Waals surface area contributed by atoms with Crippen LogP contribution in [0.2, 0.25) is 0 Å². The SMILES string of the molecule is COc1ccc(OC)c(/C=C/C(=O)N2CCCN2C(=O)c2cnc[nH]2)c1. The number of imidazole rings is 1. The van der Waals surface area contributed by atoms with E-state index in [1.165, 1.54) is 28.6 Å². The van der Waals surface area contributed by atoms with Gasteiger partial charge in [0.05, 0.1) is 26.7 Å². The van der Waals surface area contributed by atoms with E-state index in [0.29, 0.717) is 35.8 Å². The van der Waals surface area contributed by atoms with Crippen LogP contribution in [0.1, 0.15) is 22.5 Å². The maximum absolute atomic E-state index is 12.6. The number of aromatic amines is 1. The Morgan fingerprint density at radius 2 is 2.00 bits per heavy atom. The Kier molecular flexibility index (Phi) is 5.21. The molecule has 2 amide bonds. The molecular formula is C18H20N4O4. The van der Waals surface area contributed by atoms with Crippen molar-refractivity contribution in [1.29, 1.82) is 0 Å². The molecule has 1 aromatic heterocycles. The molecule has 0 atom stereocenters. The number of hydrogen-bond acceptors (Lipinski definition) is 5. The number of nitrogens with one attached hydrogen (secondary N) is 1. The lowest BCUT2D eigenvalue weighted by molar-refractivity contribution is -0.134. The molecule has 1 aliphatic heterocycles. The minimum absolute atomic E-state index is 0.277. The van der Waals surface area contributed by atoms with Crippen molar-refractivity contribution in [2.45, 2.75) is 6.42 Å². The summed E-state index contributed by atoms with van der Waals surface area (Å²) in [5.74, 6) is 0.734. The quantitative estimate of drug-likeness (QED) is 0.825. The van der Waals surface area contributed by atoms with Gasteiger partial charge in [-0.1, -0.05) is 0 Å². The van der Waals surface area contributed by atoms with E-state index in [1.54, 1.807) is 38.5 Å². The molecule has 8 nitrogen and oxygen atoms in total. The molecule has 0 spiro atoms. The molecule has 0 bridgehead atoms. The van der Waals surface area contributed by atoms with Crippen LogP contribution in [0.5, 0.6) is 11.5 Å². The lowest BCUT2D eigenvalue weighted by Crippen LogP contribution is -2.44. The number of aromatic nitrogens is 2. The first-order valence-electron chi connectivity index (χ1n) is 8.16. The Morgan fingerprint density at radius 1 is 1.19 bits per heavy atom. The Hall–Kier alpha value is -3.29. The highest BCUT2D eigenvalue weighted by Gasteiger charge is 2.30. The monoisotopic (exact) mass is 356 g/mol. The zero-order valence-electron chi connectivity index (χ0n) is 14.6. The van der Waals surface area contributed by atoms with Crippen LogP contribution in [0.4, 0.5) is 0 Å². The predicted octanol–water partition coefficient (Wildman–Crippen LogP) is 1.73. The predicted molar refractivity (Wildman–Crippen MR) is 94.5 cm³/mol. The molecule has 0 aliphatic carbocycles. The van der Waals surface area contributed by atoms with Crippen LogP contribution in [-0.2, 0) is 4.79 Å². The highest BCUT2D eigenvalue weighted by atomic mass is 16.5. The van der Waals surface area contributed by atoms with Gasteiger partial charge in [-0.25, -0.2) is 15.0 Å². The fourth-order valence-electron chi connectivity index (χ4n) is 2.78. The fourth-order valence-corrected chi connectivity index (χ4v) is 2.78.